The van der Waals surface area contributed by atoms with Crippen molar-refractivity contribution >= 4 is 0 Å². The van der Waals surface area contributed by atoms with E-state index in [0.717, 1.165) is 36.6 Å². The number of methoxy groups -OCH3 is 1. The maximum atomic E-state index is 6.10. The molecule has 5 heteroatoms. The van der Waals surface area contributed by atoms with Gasteiger partial charge >= 0.3 is 0 Å². The van der Waals surface area contributed by atoms with Crippen molar-refractivity contribution in [3.63, 3.8) is 0 Å². The van der Waals surface area contributed by atoms with Gasteiger partial charge in [-0.05, 0) is 30.2 Å². The Bertz CT molecular complexity index is 583. The lowest BCUT2D eigenvalue weighted by Crippen LogP contribution is -2.28. The molecule has 0 saturated carbocycles. The van der Waals surface area contributed by atoms with Crippen molar-refractivity contribution in [2.45, 2.75) is 19.5 Å². The SMILES string of the molecule is COc1ccc(-c2[nH]ncc2CN2CC(C)C(N)C2)cc1. The van der Waals surface area contributed by atoms with E-state index in [1.54, 1.807) is 7.11 Å². The lowest BCUT2D eigenvalue weighted by atomic mass is 10.1. The molecule has 1 aromatic carbocycles. The van der Waals surface area contributed by atoms with Crippen molar-refractivity contribution in [3.05, 3.63) is 36.0 Å². The van der Waals surface area contributed by atoms with Gasteiger partial charge in [-0.1, -0.05) is 6.92 Å². The van der Waals surface area contributed by atoms with Gasteiger partial charge in [0.1, 0.15) is 5.75 Å². The molecule has 2 atom stereocenters. The Morgan fingerprint density at radius 1 is 1.33 bits per heavy atom. The van der Waals surface area contributed by atoms with Gasteiger partial charge in [0.2, 0.25) is 0 Å². The molecule has 5 nitrogen and oxygen atoms in total. The maximum Gasteiger partial charge on any atom is 0.118 e. The zero-order chi connectivity index (χ0) is 14.8. The topological polar surface area (TPSA) is 67.2 Å². The third kappa shape index (κ3) is 2.94. The summed E-state index contributed by atoms with van der Waals surface area (Å²) in [4.78, 5) is 2.40. The largest absolute Gasteiger partial charge is 0.497 e. The van der Waals surface area contributed by atoms with Crippen LogP contribution in [0.1, 0.15) is 12.5 Å². The van der Waals surface area contributed by atoms with Crippen LogP contribution < -0.4 is 10.5 Å². The number of likely N-dealkylation sites (tertiary alicyclic amines) is 1. The summed E-state index contributed by atoms with van der Waals surface area (Å²) >= 11 is 0. The standard InChI is InChI=1S/C16H22N4O/c1-11-8-20(10-15(11)17)9-13-7-18-19-16(13)12-3-5-14(21-2)6-4-12/h3-7,11,15H,8-10,17H2,1-2H3,(H,18,19). The van der Waals surface area contributed by atoms with Crippen LogP contribution >= 0.6 is 0 Å². The number of H-pyrrole nitrogens is 1. The average Bonchev–Trinajstić information content (AvgIpc) is 3.07. The number of rotatable bonds is 4. The van der Waals surface area contributed by atoms with Crippen molar-refractivity contribution in [1.29, 1.82) is 0 Å². The summed E-state index contributed by atoms with van der Waals surface area (Å²) in [6, 6.07) is 8.31. The average molecular weight is 286 g/mol. The molecule has 2 aromatic rings. The van der Waals surface area contributed by atoms with Gasteiger partial charge in [0.05, 0.1) is 19.0 Å². The van der Waals surface area contributed by atoms with Crippen LogP contribution in [-0.4, -0.2) is 41.3 Å². The second-order valence-corrected chi connectivity index (χ2v) is 5.83. The molecule has 1 saturated heterocycles. The lowest BCUT2D eigenvalue weighted by Gasteiger charge is -2.15. The summed E-state index contributed by atoms with van der Waals surface area (Å²) in [7, 11) is 1.68. The molecule has 1 fully saturated rings. The Morgan fingerprint density at radius 3 is 2.71 bits per heavy atom. The van der Waals surface area contributed by atoms with E-state index in [0.29, 0.717) is 5.92 Å². The van der Waals surface area contributed by atoms with Gasteiger partial charge in [0.25, 0.3) is 0 Å². The van der Waals surface area contributed by atoms with Crippen LogP contribution in [-0.2, 0) is 6.54 Å². The highest BCUT2D eigenvalue weighted by molar-refractivity contribution is 5.63. The Kier molecular flexibility index (Phi) is 3.94. The molecule has 1 aliphatic rings. The van der Waals surface area contributed by atoms with Crippen LogP contribution in [0, 0.1) is 5.92 Å². The summed E-state index contributed by atoms with van der Waals surface area (Å²) in [5.41, 5.74) is 9.51. The molecule has 3 rings (SSSR count). The lowest BCUT2D eigenvalue weighted by molar-refractivity contribution is 0.319. The number of nitrogens with one attached hydrogen (secondary N) is 1. The summed E-state index contributed by atoms with van der Waals surface area (Å²) in [5, 5.41) is 7.31. The smallest absolute Gasteiger partial charge is 0.118 e. The summed E-state index contributed by atoms with van der Waals surface area (Å²) in [5.74, 6) is 1.42. The molecule has 0 aliphatic carbocycles. The molecule has 1 aliphatic heterocycles. The summed E-state index contributed by atoms with van der Waals surface area (Å²) in [6.45, 7) is 5.10. The van der Waals surface area contributed by atoms with Gasteiger partial charge < -0.3 is 10.5 Å². The van der Waals surface area contributed by atoms with Crippen molar-refractivity contribution in [3.8, 4) is 17.0 Å². The van der Waals surface area contributed by atoms with E-state index in [9.17, 15) is 0 Å². The monoisotopic (exact) mass is 286 g/mol. The molecular formula is C16H22N4O. The first-order valence-corrected chi connectivity index (χ1v) is 7.32. The molecule has 1 aromatic heterocycles. The number of benzene rings is 1. The number of hydrogen-bond donors (Lipinski definition) is 2. The summed E-state index contributed by atoms with van der Waals surface area (Å²) < 4.78 is 5.20. The van der Waals surface area contributed by atoms with Crippen LogP contribution in [0.4, 0.5) is 0 Å². The predicted octanol–water partition coefficient (Wildman–Crippen LogP) is 1.86. The number of hydrogen-bond acceptors (Lipinski definition) is 4. The van der Waals surface area contributed by atoms with Crippen LogP contribution in [0.2, 0.25) is 0 Å². The normalized spacial score (nSPS) is 22.6. The number of ether oxygens (including phenoxy) is 1. The number of nitrogens with zero attached hydrogens (tertiary/aromatic N) is 2. The third-order valence-corrected chi connectivity index (χ3v) is 4.24. The summed E-state index contributed by atoms with van der Waals surface area (Å²) in [6.07, 6.45) is 1.91. The van der Waals surface area contributed by atoms with E-state index in [4.69, 9.17) is 10.5 Å². The number of aromatic nitrogens is 2. The molecule has 0 spiro atoms. The molecule has 0 amide bonds. The molecular weight excluding hydrogens is 264 g/mol. The van der Waals surface area contributed by atoms with Gasteiger partial charge in [0, 0.05) is 36.8 Å². The van der Waals surface area contributed by atoms with Crippen molar-refractivity contribution in [2.24, 2.45) is 11.7 Å². The first-order chi connectivity index (χ1) is 10.2. The minimum atomic E-state index is 0.279. The second kappa shape index (κ2) is 5.87. The zero-order valence-electron chi connectivity index (χ0n) is 12.5. The van der Waals surface area contributed by atoms with E-state index in [1.807, 2.05) is 30.5 Å². The molecule has 0 bridgehead atoms. The van der Waals surface area contributed by atoms with E-state index in [2.05, 4.69) is 22.0 Å². The molecule has 21 heavy (non-hydrogen) atoms. The van der Waals surface area contributed by atoms with Gasteiger partial charge in [-0.15, -0.1) is 0 Å². The van der Waals surface area contributed by atoms with Crippen LogP contribution in [0.15, 0.2) is 30.5 Å². The number of nitrogens with two attached hydrogens (primary N) is 1. The fourth-order valence-corrected chi connectivity index (χ4v) is 2.90. The highest BCUT2D eigenvalue weighted by atomic mass is 16.5. The quantitative estimate of drug-likeness (QED) is 0.900. The van der Waals surface area contributed by atoms with Crippen LogP contribution in [0.5, 0.6) is 5.75 Å². The zero-order valence-corrected chi connectivity index (χ0v) is 12.5. The van der Waals surface area contributed by atoms with E-state index < -0.39 is 0 Å². The first kappa shape index (κ1) is 14.1. The Morgan fingerprint density at radius 2 is 2.10 bits per heavy atom. The van der Waals surface area contributed by atoms with Crippen molar-refractivity contribution in [1.82, 2.24) is 15.1 Å². The van der Waals surface area contributed by atoms with Gasteiger partial charge in [-0.25, -0.2) is 0 Å². The fraction of sp³-hybridized carbons (Fsp3) is 0.438. The minimum Gasteiger partial charge on any atom is -0.497 e. The molecule has 112 valence electrons. The van der Waals surface area contributed by atoms with Crippen molar-refractivity contribution < 1.29 is 4.74 Å². The molecule has 3 N–H and O–H groups in total. The van der Waals surface area contributed by atoms with E-state index >= 15 is 0 Å². The van der Waals surface area contributed by atoms with Crippen LogP contribution in [0.25, 0.3) is 11.3 Å². The van der Waals surface area contributed by atoms with Gasteiger partial charge in [0.15, 0.2) is 0 Å². The highest BCUT2D eigenvalue weighted by Crippen LogP contribution is 2.26. The predicted molar refractivity (Wildman–Crippen MR) is 83.0 cm³/mol. The Balaban J connectivity index is 1.77. The Labute approximate surface area is 125 Å². The van der Waals surface area contributed by atoms with Gasteiger partial charge in [-0.2, -0.15) is 5.10 Å². The Hall–Kier alpha value is -1.85. The van der Waals surface area contributed by atoms with E-state index in [1.165, 1.54) is 5.56 Å². The third-order valence-electron chi connectivity index (χ3n) is 4.24. The van der Waals surface area contributed by atoms with E-state index in [-0.39, 0.29) is 6.04 Å². The van der Waals surface area contributed by atoms with Gasteiger partial charge in [-0.3, -0.25) is 10.00 Å². The molecule has 2 unspecified atom stereocenters. The molecule has 2 heterocycles. The maximum absolute atomic E-state index is 6.10. The van der Waals surface area contributed by atoms with Crippen molar-refractivity contribution in [2.75, 3.05) is 20.2 Å². The molecule has 0 radical (unpaired) electrons. The highest BCUT2D eigenvalue weighted by Gasteiger charge is 2.27. The minimum absolute atomic E-state index is 0.279. The number of aromatic amines is 1. The first-order valence-electron chi connectivity index (χ1n) is 7.32. The van der Waals surface area contributed by atoms with Crippen LogP contribution in [0.3, 0.4) is 0 Å². The second-order valence-electron chi connectivity index (χ2n) is 5.83. The fourth-order valence-electron chi connectivity index (χ4n) is 2.90.